The molecule has 2 unspecified atom stereocenters. The Kier molecular flexibility index (Phi) is 2.96. The van der Waals surface area contributed by atoms with E-state index in [9.17, 15) is 0 Å². The van der Waals surface area contributed by atoms with Crippen LogP contribution in [0.3, 0.4) is 0 Å². The highest BCUT2D eigenvalue weighted by Gasteiger charge is 2.45. The van der Waals surface area contributed by atoms with E-state index in [1.807, 2.05) is 0 Å². The van der Waals surface area contributed by atoms with Crippen LogP contribution in [0.4, 0.5) is 5.82 Å². The number of nitrogen functional groups attached to an aromatic ring is 1. The van der Waals surface area contributed by atoms with Crippen LogP contribution in [0.15, 0.2) is 5.16 Å². The molecule has 20 heavy (non-hydrogen) atoms. The molecule has 2 aliphatic rings. The van der Waals surface area contributed by atoms with E-state index in [1.165, 1.54) is 29.7 Å². The third kappa shape index (κ3) is 2.11. The van der Waals surface area contributed by atoms with Gasteiger partial charge in [-0.1, -0.05) is 11.8 Å². The van der Waals surface area contributed by atoms with Gasteiger partial charge in [0.15, 0.2) is 5.16 Å². The largest absolute Gasteiger partial charge is 0.383 e. The van der Waals surface area contributed by atoms with Crippen molar-refractivity contribution in [3.05, 3.63) is 10.4 Å². The molecular formula is C15H19N3S2. The quantitative estimate of drug-likeness (QED) is 0.687. The minimum atomic E-state index is 0.647. The van der Waals surface area contributed by atoms with Gasteiger partial charge in [-0.05, 0) is 56.4 Å². The van der Waals surface area contributed by atoms with Gasteiger partial charge < -0.3 is 5.73 Å². The number of thioether (sulfide) groups is 1. The number of aryl methyl sites for hydroxylation is 2. The first-order valence-electron chi connectivity index (χ1n) is 7.28. The number of thiophene rings is 1. The number of rotatable bonds is 3. The third-order valence-corrected chi connectivity index (χ3v) is 7.01. The summed E-state index contributed by atoms with van der Waals surface area (Å²) in [6.07, 6.45) is 4.34. The van der Waals surface area contributed by atoms with Gasteiger partial charge in [0, 0.05) is 10.6 Å². The van der Waals surface area contributed by atoms with Crippen molar-refractivity contribution in [1.29, 1.82) is 0 Å². The van der Waals surface area contributed by atoms with Crippen molar-refractivity contribution in [2.75, 3.05) is 11.5 Å². The van der Waals surface area contributed by atoms with Crippen molar-refractivity contribution in [3.63, 3.8) is 0 Å². The molecule has 2 heterocycles. The Morgan fingerprint density at radius 3 is 2.70 bits per heavy atom. The number of hydrogen-bond acceptors (Lipinski definition) is 5. The van der Waals surface area contributed by atoms with Gasteiger partial charge in [0.1, 0.15) is 10.6 Å². The molecule has 2 fully saturated rings. The minimum absolute atomic E-state index is 0.647. The van der Waals surface area contributed by atoms with Gasteiger partial charge in [-0.2, -0.15) is 0 Å². The topological polar surface area (TPSA) is 51.8 Å². The van der Waals surface area contributed by atoms with Crippen LogP contribution in [0, 0.1) is 31.6 Å². The Labute approximate surface area is 127 Å². The van der Waals surface area contributed by atoms with Crippen molar-refractivity contribution < 1.29 is 0 Å². The Bertz CT molecular complexity index is 669. The molecule has 0 radical (unpaired) electrons. The van der Waals surface area contributed by atoms with E-state index in [2.05, 4.69) is 18.8 Å². The minimum Gasteiger partial charge on any atom is -0.383 e. The first-order valence-corrected chi connectivity index (χ1v) is 9.08. The van der Waals surface area contributed by atoms with Crippen molar-refractivity contribution in [2.24, 2.45) is 17.8 Å². The maximum absolute atomic E-state index is 6.13. The summed E-state index contributed by atoms with van der Waals surface area (Å²) in [4.78, 5) is 11.5. The van der Waals surface area contributed by atoms with Gasteiger partial charge in [0.2, 0.25) is 0 Å². The highest BCUT2D eigenvalue weighted by Crippen LogP contribution is 2.55. The smallest absolute Gasteiger partial charge is 0.190 e. The maximum Gasteiger partial charge on any atom is 0.190 e. The number of hydrogen-bond donors (Lipinski definition) is 1. The molecule has 5 heteroatoms. The molecule has 2 aromatic heterocycles. The maximum atomic E-state index is 6.13. The zero-order chi connectivity index (χ0) is 13.9. The summed E-state index contributed by atoms with van der Waals surface area (Å²) in [5.41, 5.74) is 7.36. The van der Waals surface area contributed by atoms with Gasteiger partial charge in [0.25, 0.3) is 0 Å². The average Bonchev–Trinajstić information content (AvgIpc) is 2.90. The van der Waals surface area contributed by atoms with E-state index >= 15 is 0 Å². The van der Waals surface area contributed by atoms with Crippen LogP contribution in [-0.2, 0) is 0 Å². The zero-order valence-corrected chi connectivity index (χ0v) is 13.5. The van der Waals surface area contributed by atoms with Gasteiger partial charge in [-0.15, -0.1) is 11.3 Å². The molecule has 0 aromatic carbocycles. The first kappa shape index (κ1) is 12.9. The molecular weight excluding hydrogens is 286 g/mol. The number of anilines is 1. The van der Waals surface area contributed by atoms with Crippen LogP contribution >= 0.6 is 23.1 Å². The van der Waals surface area contributed by atoms with Crippen LogP contribution in [-0.4, -0.2) is 15.7 Å². The normalized spacial score (nSPS) is 28.0. The van der Waals surface area contributed by atoms with Crippen LogP contribution in [0.1, 0.15) is 29.7 Å². The van der Waals surface area contributed by atoms with Crippen molar-refractivity contribution in [1.82, 2.24) is 9.97 Å². The first-order chi connectivity index (χ1) is 9.61. The standard InChI is InChI=1S/C15H19N3S2/c1-7-8(2)20-14-12(7)13(16)17-15(18-14)19-6-9-3-10-5-11(10)4-9/h9-11H,3-6H2,1-2H3,(H2,16,17,18). The lowest BCUT2D eigenvalue weighted by Gasteiger charge is -2.10. The average molecular weight is 305 g/mol. The van der Waals surface area contributed by atoms with Gasteiger partial charge in [0.05, 0.1) is 5.39 Å². The van der Waals surface area contributed by atoms with E-state index in [1.54, 1.807) is 23.1 Å². The summed E-state index contributed by atoms with van der Waals surface area (Å²) < 4.78 is 0. The van der Waals surface area contributed by atoms with Crippen LogP contribution in [0.5, 0.6) is 0 Å². The molecule has 0 spiro atoms. The van der Waals surface area contributed by atoms with Gasteiger partial charge in [-0.3, -0.25) is 0 Å². The second-order valence-electron chi connectivity index (χ2n) is 6.26. The third-order valence-electron chi connectivity index (χ3n) is 4.83. The highest BCUT2D eigenvalue weighted by atomic mass is 32.2. The molecule has 0 saturated heterocycles. The lowest BCUT2D eigenvalue weighted by atomic mass is 10.1. The fraction of sp³-hybridized carbons (Fsp3) is 0.600. The summed E-state index contributed by atoms with van der Waals surface area (Å²) in [6.45, 7) is 4.23. The van der Waals surface area contributed by atoms with E-state index < -0.39 is 0 Å². The SMILES string of the molecule is Cc1sc2nc(SCC3CC4CC4C3)nc(N)c2c1C. The monoisotopic (exact) mass is 305 g/mol. The van der Waals surface area contributed by atoms with E-state index in [0.29, 0.717) is 5.82 Å². The molecule has 2 aromatic rings. The molecule has 2 saturated carbocycles. The molecule has 4 rings (SSSR count). The second kappa shape index (κ2) is 4.60. The predicted octanol–water partition coefficient (Wildman–Crippen LogP) is 4.03. The second-order valence-corrected chi connectivity index (χ2v) is 8.45. The number of fused-ring (bicyclic) bond motifs is 2. The summed E-state index contributed by atoms with van der Waals surface area (Å²) in [5, 5.41) is 1.91. The van der Waals surface area contributed by atoms with Crippen molar-refractivity contribution >= 4 is 39.1 Å². The van der Waals surface area contributed by atoms with Crippen LogP contribution in [0.2, 0.25) is 0 Å². The van der Waals surface area contributed by atoms with Crippen LogP contribution < -0.4 is 5.73 Å². The number of aromatic nitrogens is 2. The van der Waals surface area contributed by atoms with Crippen LogP contribution in [0.25, 0.3) is 10.2 Å². The van der Waals surface area contributed by atoms with Crippen molar-refractivity contribution in [3.8, 4) is 0 Å². The van der Waals surface area contributed by atoms with E-state index in [4.69, 9.17) is 10.7 Å². The molecule has 0 aliphatic heterocycles. The Morgan fingerprint density at radius 1 is 1.20 bits per heavy atom. The lowest BCUT2D eigenvalue weighted by Crippen LogP contribution is -2.02. The fourth-order valence-electron chi connectivity index (χ4n) is 3.49. The molecule has 3 nitrogen and oxygen atoms in total. The molecule has 2 atom stereocenters. The lowest BCUT2D eigenvalue weighted by molar-refractivity contribution is 0.544. The Hall–Kier alpha value is -0.810. The van der Waals surface area contributed by atoms with E-state index in [0.717, 1.165) is 38.9 Å². The van der Waals surface area contributed by atoms with Gasteiger partial charge in [-0.25, -0.2) is 9.97 Å². The van der Waals surface area contributed by atoms with Crippen molar-refractivity contribution in [2.45, 2.75) is 38.3 Å². The summed E-state index contributed by atoms with van der Waals surface area (Å²) in [6, 6.07) is 0. The number of nitrogens with two attached hydrogens (primary N) is 1. The molecule has 2 aliphatic carbocycles. The summed E-state index contributed by atoms with van der Waals surface area (Å²) >= 11 is 3.52. The summed E-state index contributed by atoms with van der Waals surface area (Å²) in [7, 11) is 0. The molecule has 106 valence electrons. The Morgan fingerprint density at radius 2 is 1.95 bits per heavy atom. The zero-order valence-electron chi connectivity index (χ0n) is 11.8. The van der Waals surface area contributed by atoms with Gasteiger partial charge >= 0.3 is 0 Å². The Balaban J connectivity index is 1.54. The molecule has 2 N–H and O–H groups in total. The predicted molar refractivity (Wildman–Crippen MR) is 86.3 cm³/mol. The molecule has 0 amide bonds. The highest BCUT2D eigenvalue weighted by molar-refractivity contribution is 7.99. The molecule has 0 bridgehead atoms. The van der Waals surface area contributed by atoms with E-state index in [-0.39, 0.29) is 0 Å². The summed E-state index contributed by atoms with van der Waals surface area (Å²) in [5.74, 6) is 4.78. The number of nitrogens with zero attached hydrogens (tertiary/aromatic N) is 2. The fourth-order valence-corrected chi connectivity index (χ4v) is 5.56.